The van der Waals surface area contributed by atoms with Gasteiger partial charge in [0.1, 0.15) is 5.00 Å². The average Bonchev–Trinajstić information content (AvgIpc) is 2.90. The fourth-order valence-corrected chi connectivity index (χ4v) is 4.28. The van der Waals surface area contributed by atoms with Crippen molar-refractivity contribution in [1.82, 2.24) is 0 Å². The summed E-state index contributed by atoms with van der Waals surface area (Å²) in [6, 6.07) is 1.39. The lowest BCUT2D eigenvalue weighted by molar-refractivity contribution is -0.422. The van der Waals surface area contributed by atoms with Crippen molar-refractivity contribution in [2.75, 3.05) is 5.32 Å². The second kappa shape index (κ2) is 6.07. The smallest absolute Gasteiger partial charge is 0.346 e. The second-order valence-corrected chi connectivity index (χ2v) is 6.50. The molecular weight excluding hydrogens is 366 g/mol. The van der Waals surface area contributed by atoms with E-state index in [1.807, 2.05) is 0 Å². The molecule has 26 heavy (non-hydrogen) atoms. The topological polar surface area (TPSA) is 184 Å². The molecule has 12 heteroatoms. The van der Waals surface area contributed by atoms with E-state index < -0.39 is 33.2 Å². The summed E-state index contributed by atoms with van der Waals surface area (Å²) in [6.45, 7) is 0. The van der Waals surface area contributed by atoms with Gasteiger partial charge in [0.15, 0.2) is 0 Å². The highest BCUT2D eigenvalue weighted by Crippen LogP contribution is 2.47. The third-order valence-electron chi connectivity index (χ3n) is 3.97. The molecule has 1 aliphatic rings. The number of amides is 3. The van der Waals surface area contributed by atoms with Gasteiger partial charge < -0.3 is 11.5 Å². The van der Waals surface area contributed by atoms with E-state index in [4.69, 9.17) is 11.5 Å². The number of hydrogen-bond donors (Lipinski definition) is 3. The first-order valence-electron chi connectivity index (χ1n) is 7.18. The Hall–Kier alpha value is -3.54. The summed E-state index contributed by atoms with van der Waals surface area (Å²) in [5, 5.41) is 24.8. The van der Waals surface area contributed by atoms with Crippen LogP contribution >= 0.6 is 11.3 Å². The lowest BCUT2D eigenvalue weighted by Gasteiger charge is -2.16. The van der Waals surface area contributed by atoms with Gasteiger partial charge in [-0.1, -0.05) is 0 Å². The summed E-state index contributed by atoms with van der Waals surface area (Å²) in [7, 11) is 0. The molecule has 11 nitrogen and oxygen atoms in total. The Balaban J connectivity index is 2.27. The van der Waals surface area contributed by atoms with Crippen LogP contribution in [0.2, 0.25) is 0 Å². The second-order valence-electron chi connectivity index (χ2n) is 5.48. The van der Waals surface area contributed by atoms with Gasteiger partial charge >= 0.3 is 17.4 Å². The van der Waals surface area contributed by atoms with E-state index in [2.05, 4.69) is 5.32 Å². The van der Waals surface area contributed by atoms with Crippen molar-refractivity contribution in [2.45, 2.75) is 12.8 Å². The summed E-state index contributed by atoms with van der Waals surface area (Å²) in [5.74, 6) is -0.772. The minimum absolute atomic E-state index is 0.0930. The maximum Gasteiger partial charge on any atom is 0.346 e. The van der Waals surface area contributed by atoms with Crippen LogP contribution in [-0.4, -0.2) is 21.8 Å². The average molecular weight is 377 g/mol. The molecule has 2 aromatic rings. The minimum atomic E-state index is -0.888. The van der Waals surface area contributed by atoms with Crippen LogP contribution in [0.4, 0.5) is 21.2 Å². The van der Waals surface area contributed by atoms with Gasteiger partial charge in [-0.2, -0.15) is 0 Å². The van der Waals surface area contributed by atoms with Crippen molar-refractivity contribution in [2.24, 2.45) is 11.5 Å². The lowest BCUT2D eigenvalue weighted by atomic mass is 9.88. The van der Waals surface area contributed by atoms with Gasteiger partial charge in [-0.15, -0.1) is 11.3 Å². The molecule has 3 amide bonds. The Bertz CT molecular complexity index is 998. The number of nitrogens with two attached hydrogens (primary N) is 2. The number of nitrogens with zero attached hydrogens (tertiary/aromatic N) is 2. The molecule has 3 rings (SSSR count). The predicted molar refractivity (Wildman–Crippen MR) is 92.2 cm³/mol. The highest BCUT2D eigenvalue weighted by atomic mass is 32.1. The van der Waals surface area contributed by atoms with Gasteiger partial charge in [0, 0.05) is 22.6 Å². The van der Waals surface area contributed by atoms with Crippen molar-refractivity contribution >= 4 is 39.7 Å². The summed E-state index contributed by atoms with van der Waals surface area (Å²) >= 11 is 0.991. The molecule has 0 aliphatic heterocycles. The number of aryl methyl sites for hydroxylation is 1. The maximum atomic E-state index is 11.8. The van der Waals surface area contributed by atoms with E-state index in [-0.39, 0.29) is 10.6 Å². The number of hydrogen-bond acceptors (Lipinski definition) is 7. The summed E-state index contributed by atoms with van der Waals surface area (Å²) in [5.41, 5.74) is 10.8. The first kappa shape index (κ1) is 17.3. The fourth-order valence-electron chi connectivity index (χ4n) is 2.97. The van der Waals surface area contributed by atoms with Crippen LogP contribution < -0.4 is 16.8 Å². The number of thiophene rings is 1. The number of nitrogens with one attached hydrogen (secondary N) is 1. The van der Waals surface area contributed by atoms with Crippen molar-refractivity contribution in [3.63, 3.8) is 0 Å². The monoisotopic (exact) mass is 377 g/mol. The summed E-state index contributed by atoms with van der Waals surface area (Å²) in [4.78, 5) is 44.1. The molecule has 5 N–H and O–H groups in total. The molecule has 134 valence electrons. The Kier molecular flexibility index (Phi) is 4.04. The standard InChI is InChI=1S/C14H11N5O6S/c15-12(20)10-6-2-1-5-3-8(18(22)23)9(19(24)25)4-7(5)11(6)26-13(10)17-14(16)21/h3-4H,1-2H2,(H2,15,20)(H3,16,17,21). The van der Waals surface area contributed by atoms with E-state index in [1.54, 1.807) is 0 Å². The number of nitro groups is 2. The molecule has 0 spiro atoms. The highest BCUT2D eigenvalue weighted by Gasteiger charge is 2.33. The Morgan fingerprint density at radius 2 is 1.69 bits per heavy atom. The molecule has 0 unspecified atom stereocenters. The van der Waals surface area contributed by atoms with Gasteiger partial charge in [0.25, 0.3) is 5.91 Å². The molecule has 0 fully saturated rings. The number of primary amides is 2. The van der Waals surface area contributed by atoms with Crippen molar-refractivity contribution in [1.29, 1.82) is 0 Å². The van der Waals surface area contributed by atoms with Crippen LogP contribution in [-0.2, 0) is 12.8 Å². The highest BCUT2D eigenvalue weighted by molar-refractivity contribution is 7.20. The van der Waals surface area contributed by atoms with Crippen LogP contribution in [0.5, 0.6) is 0 Å². The predicted octanol–water partition coefficient (Wildman–Crippen LogP) is 1.92. The summed E-state index contributed by atoms with van der Waals surface area (Å²) < 4.78 is 0. The van der Waals surface area contributed by atoms with E-state index in [0.717, 1.165) is 17.4 Å². The van der Waals surface area contributed by atoms with Crippen LogP contribution in [0, 0.1) is 20.2 Å². The van der Waals surface area contributed by atoms with E-state index in [9.17, 15) is 29.8 Å². The fraction of sp³-hybridized carbons (Fsp3) is 0.143. The van der Waals surface area contributed by atoms with Crippen LogP contribution in [0.15, 0.2) is 12.1 Å². The molecule has 1 aliphatic carbocycles. The maximum absolute atomic E-state index is 11.8. The number of benzene rings is 1. The molecule has 0 saturated heterocycles. The lowest BCUT2D eigenvalue weighted by Crippen LogP contribution is -2.22. The van der Waals surface area contributed by atoms with Crippen LogP contribution in [0.1, 0.15) is 21.5 Å². The zero-order chi connectivity index (χ0) is 19.2. The van der Waals surface area contributed by atoms with E-state index in [0.29, 0.717) is 34.4 Å². The minimum Gasteiger partial charge on any atom is -0.365 e. The van der Waals surface area contributed by atoms with Gasteiger partial charge in [-0.05, 0) is 24.0 Å². The first-order valence-corrected chi connectivity index (χ1v) is 8.00. The number of carbonyl (C=O) groups is 2. The van der Waals surface area contributed by atoms with Crippen molar-refractivity contribution in [3.05, 3.63) is 49.1 Å². The molecule has 1 aromatic heterocycles. The number of fused-ring (bicyclic) bond motifs is 3. The molecular formula is C14H11N5O6S. The largest absolute Gasteiger partial charge is 0.365 e. The number of urea groups is 1. The van der Waals surface area contributed by atoms with Gasteiger partial charge in [-0.3, -0.25) is 30.3 Å². The normalized spacial score (nSPS) is 12.0. The molecule has 1 aromatic carbocycles. The van der Waals surface area contributed by atoms with Gasteiger partial charge in [0.05, 0.1) is 15.4 Å². The quantitative estimate of drug-likeness (QED) is 0.539. The third-order valence-corrected chi connectivity index (χ3v) is 5.15. The van der Waals surface area contributed by atoms with Gasteiger partial charge in [-0.25, -0.2) is 4.79 Å². The Morgan fingerprint density at radius 1 is 1.08 bits per heavy atom. The number of anilines is 1. The Morgan fingerprint density at radius 3 is 2.23 bits per heavy atom. The Labute approximate surface area is 148 Å². The SMILES string of the molecule is NC(=O)Nc1sc2c(c1C(N)=O)CCc1cc([N+](=O)[O-])c([N+](=O)[O-])cc1-2. The van der Waals surface area contributed by atoms with Crippen molar-refractivity contribution in [3.8, 4) is 10.4 Å². The van der Waals surface area contributed by atoms with E-state index >= 15 is 0 Å². The molecule has 0 bridgehead atoms. The van der Waals surface area contributed by atoms with Crippen LogP contribution in [0.25, 0.3) is 10.4 Å². The molecule has 0 radical (unpaired) electrons. The molecule has 0 atom stereocenters. The number of rotatable bonds is 4. The van der Waals surface area contributed by atoms with Crippen molar-refractivity contribution < 1.29 is 19.4 Å². The van der Waals surface area contributed by atoms with Gasteiger partial charge in [0.2, 0.25) is 0 Å². The third kappa shape index (κ3) is 2.71. The van der Waals surface area contributed by atoms with E-state index in [1.165, 1.54) is 6.07 Å². The zero-order valence-electron chi connectivity index (χ0n) is 13.0. The van der Waals surface area contributed by atoms with Crippen LogP contribution in [0.3, 0.4) is 0 Å². The number of nitro benzene ring substituents is 2. The zero-order valence-corrected chi connectivity index (χ0v) is 13.8. The number of carbonyl (C=O) groups excluding carboxylic acids is 2. The first-order chi connectivity index (χ1) is 12.2. The summed E-state index contributed by atoms with van der Waals surface area (Å²) in [6.07, 6.45) is 0.667. The molecule has 0 saturated carbocycles. The molecule has 1 heterocycles.